The van der Waals surface area contributed by atoms with Crippen molar-refractivity contribution < 1.29 is 4.79 Å². The molecular weight excluding hydrogens is 356 g/mol. The maximum absolute atomic E-state index is 12.4. The number of fused-ring (bicyclic) bond motifs is 1. The summed E-state index contributed by atoms with van der Waals surface area (Å²) in [6, 6.07) is 11.6. The van der Waals surface area contributed by atoms with E-state index in [1.165, 1.54) is 0 Å². The van der Waals surface area contributed by atoms with Crippen LogP contribution in [-0.2, 0) is 11.3 Å². The Hall–Kier alpha value is -3.06. The van der Waals surface area contributed by atoms with Crippen LogP contribution in [0.2, 0.25) is 5.02 Å². The summed E-state index contributed by atoms with van der Waals surface area (Å²) in [6.45, 7) is -0.314. The molecule has 0 saturated carbocycles. The number of hydrogen-bond donors (Lipinski definition) is 2. The predicted octanol–water partition coefficient (Wildman–Crippen LogP) is 2.05. The number of aromatic amines is 1. The third kappa shape index (κ3) is 3.48. The molecule has 1 heterocycles. The number of rotatable bonds is 4. The number of nitrogens with one attached hydrogen (secondary N) is 2. The number of anilines is 2. The lowest BCUT2D eigenvalue weighted by molar-refractivity contribution is -0.117. The minimum Gasteiger partial charge on any atom is -0.376 e. The number of H-pyrrole nitrogens is 1. The molecule has 0 aliphatic rings. The fourth-order valence-corrected chi connectivity index (χ4v) is 3.00. The van der Waals surface area contributed by atoms with Crippen LogP contribution in [0.15, 0.2) is 52.1 Å². The van der Waals surface area contributed by atoms with E-state index >= 15 is 0 Å². The second-order valence-electron chi connectivity index (χ2n) is 5.99. The maximum atomic E-state index is 12.4. The molecule has 0 radical (unpaired) electrons. The molecular formula is C18H17ClN4O3. The summed E-state index contributed by atoms with van der Waals surface area (Å²) >= 11 is 6.18. The quantitative estimate of drug-likeness (QED) is 0.733. The summed E-state index contributed by atoms with van der Waals surface area (Å²) in [5.74, 6) is -0.452. The van der Waals surface area contributed by atoms with E-state index < -0.39 is 17.0 Å². The maximum Gasteiger partial charge on any atom is 0.273 e. The Kier molecular flexibility index (Phi) is 4.81. The fraction of sp³-hybridized carbons (Fsp3) is 0.167. The average Bonchev–Trinajstić information content (AvgIpc) is 2.59. The molecule has 26 heavy (non-hydrogen) atoms. The van der Waals surface area contributed by atoms with Crippen LogP contribution in [0.5, 0.6) is 0 Å². The van der Waals surface area contributed by atoms with Gasteiger partial charge < -0.3 is 10.2 Å². The van der Waals surface area contributed by atoms with Gasteiger partial charge in [0.05, 0.1) is 21.5 Å². The fourth-order valence-electron chi connectivity index (χ4n) is 2.65. The van der Waals surface area contributed by atoms with Crippen molar-refractivity contribution in [2.45, 2.75) is 6.54 Å². The summed E-state index contributed by atoms with van der Waals surface area (Å²) in [7, 11) is 3.73. The zero-order valence-corrected chi connectivity index (χ0v) is 15.0. The molecule has 0 unspecified atom stereocenters. The molecule has 0 fully saturated rings. The summed E-state index contributed by atoms with van der Waals surface area (Å²) < 4.78 is 0.996. The van der Waals surface area contributed by atoms with Gasteiger partial charge in [0, 0.05) is 19.8 Å². The lowest BCUT2D eigenvalue weighted by Gasteiger charge is -2.15. The molecule has 7 nitrogen and oxygen atoms in total. The molecule has 2 N–H and O–H groups in total. The summed E-state index contributed by atoms with van der Waals surface area (Å²) in [4.78, 5) is 38.6. The molecule has 2 aromatic carbocycles. The van der Waals surface area contributed by atoms with Crippen molar-refractivity contribution in [3.05, 3.63) is 68.2 Å². The zero-order chi connectivity index (χ0) is 18.8. The van der Waals surface area contributed by atoms with E-state index in [9.17, 15) is 14.4 Å². The number of hydrogen-bond acceptors (Lipinski definition) is 4. The number of carbonyl (C=O) groups is 1. The van der Waals surface area contributed by atoms with Gasteiger partial charge in [-0.1, -0.05) is 23.7 Å². The van der Waals surface area contributed by atoms with Gasteiger partial charge >= 0.3 is 0 Å². The number of aromatic nitrogens is 2. The van der Waals surface area contributed by atoms with E-state index in [4.69, 9.17) is 11.6 Å². The van der Waals surface area contributed by atoms with Gasteiger partial charge in [-0.2, -0.15) is 0 Å². The lowest BCUT2D eigenvalue weighted by Crippen LogP contribution is -2.34. The van der Waals surface area contributed by atoms with Crippen LogP contribution in [-0.4, -0.2) is 29.8 Å². The van der Waals surface area contributed by atoms with E-state index in [0.29, 0.717) is 16.1 Å². The summed E-state index contributed by atoms with van der Waals surface area (Å²) in [6.07, 6.45) is 0. The highest BCUT2D eigenvalue weighted by molar-refractivity contribution is 6.33. The van der Waals surface area contributed by atoms with Crippen LogP contribution in [0, 0.1) is 0 Å². The normalized spacial score (nSPS) is 10.7. The van der Waals surface area contributed by atoms with Crippen LogP contribution in [0.25, 0.3) is 10.8 Å². The first kappa shape index (κ1) is 17.8. The van der Waals surface area contributed by atoms with Crippen molar-refractivity contribution in [2.75, 3.05) is 24.3 Å². The summed E-state index contributed by atoms with van der Waals surface area (Å²) in [5, 5.41) is 6.14. The monoisotopic (exact) mass is 372 g/mol. The highest BCUT2D eigenvalue weighted by atomic mass is 35.5. The Morgan fingerprint density at radius 1 is 1.15 bits per heavy atom. The molecule has 0 saturated heterocycles. The van der Waals surface area contributed by atoms with Gasteiger partial charge in [-0.15, -0.1) is 0 Å². The van der Waals surface area contributed by atoms with Crippen molar-refractivity contribution >= 4 is 39.7 Å². The Bertz CT molecular complexity index is 1100. The summed E-state index contributed by atoms with van der Waals surface area (Å²) in [5.41, 5.74) is 0.462. The number of amides is 1. The Labute approximate surface area is 153 Å². The largest absolute Gasteiger partial charge is 0.376 e. The molecule has 1 aromatic heterocycles. The molecule has 3 aromatic rings. The smallest absolute Gasteiger partial charge is 0.273 e. The van der Waals surface area contributed by atoms with Crippen molar-refractivity contribution in [3.63, 3.8) is 0 Å². The first-order chi connectivity index (χ1) is 12.4. The van der Waals surface area contributed by atoms with Crippen LogP contribution in [0.1, 0.15) is 0 Å². The zero-order valence-electron chi connectivity index (χ0n) is 14.2. The van der Waals surface area contributed by atoms with Gasteiger partial charge in [-0.25, -0.2) is 4.68 Å². The van der Waals surface area contributed by atoms with Crippen molar-refractivity contribution in [3.8, 4) is 0 Å². The Morgan fingerprint density at radius 2 is 1.85 bits per heavy atom. The van der Waals surface area contributed by atoms with Gasteiger partial charge in [0.2, 0.25) is 5.91 Å². The molecule has 0 bridgehead atoms. The molecule has 134 valence electrons. The van der Waals surface area contributed by atoms with Gasteiger partial charge in [0.1, 0.15) is 6.54 Å². The molecule has 0 aliphatic carbocycles. The van der Waals surface area contributed by atoms with Crippen molar-refractivity contribution in [1.82, 2.24) is 9.78 Å². The van der Waals surface area contributed by atoms with Gasteiger partial charge in [-0.3, -0.25) is 19.5 Å². The molecule has 8 heteroatoms. The first-order valence-electron chi connectivity index (χ1n) is 7.85. The van der Waals surface area contributed by atoms with Gasteiger partial charge in [0.25, 0.3) is 11.1 Å². The van der Waals surface area contributed by atoms with Crippen LogP contribution >= 0.6 is 11.6 Å². The third-order valence-corrected chi connectivity index (χ3v) is 4.20. The van der Waals surface area contributed by atoms with E-state index in [-0.39, 0.29) is 11.9 Å². The standard InChI is InChI=1S/C18H17ClN4O3/c1-22(2)15-8-7-11(9-14(15)19)20-16(24)10-23-18(26)13-6-4-3-5-12(13)17(25)21-23/h3-9H,10H2,1-2H3,(H,20,24)(H,21,25). The van der Waals surface area contributed by atoms with E-state index in [2.05, 4.69) is 10.4 Å². The number of carbonyl (C=O) groups excluding carboxylic acids is 1. The van der Waals surface area contributed by atoms with Gasteiger partial charge in [-0.05, 0) is 30.3 Å². The van der Waals surface area contributed by atoms with Crippen molar-refractivity contribution in [1.29, 1.82) is 0 Å². The third-order valence-electron chi connectivity index (χ3n) is 3.90. The second-order valence-corrected chi connectivity index (χ2v) is 6.39. The SMILES string of the molecule is CN(C)c1ccc(NC(=O)Cn2[nH]c(=O)c3ccccc3c2=O)cc1Cl. The van der Waals surface area contributed by atoms with Crippen LogP contribution < -0.4 is 21.3 Å². The minimum atomic E-state index is -0.452. The lowest BCUT2D eigenvalue weighted by atomic mass is 10.2. The number of halogens is 1. The van der Waals surface area contributed by atoms with E-state index in [1.807, 2.05) is 19.0 Å². The topological polar surface area (TPSA) is 87.2 Å². The predicted molar refractivity (Wildman–Crippen MR) is 103 cm³/mol. The second kappa shape index (κ2) is 7.05. The highest BCUT2D eigenvalue weighted by Crippen LogP contribution is 2.27. The highest BCUT2D eigenvalue weighted by Gasteiger charge is 2.11. The molecule has 0 atom stereocenters. The number of benzene rings is 2. The molecule has 0 spiro atoms. The first-order valence-corrected chi connectivity index (χ1v) is 8.23. The average molecular weight is 373 g/mol. The molecule has 1 amide bonds. The van der Waals surface area contributed by atoms with Crippen molar-refractivity contribution in [2.24, 2.45) is 0 Å². The minimum absolute atomic E-state index is 0.266. The number of nitrogens with zero attached hydrogens (tertiary/aromatic N) is 2. The van der Waals surface area contributed by atoms with Crippen LogP contribution in [0.3, 0.4) is 0 Å². The molecule has 0 aliphatic heterocycles. The van der Waals surface area contributed by atoms with Gasteiger partial charge in [0.15, 0.2) is 0 Å². The Morgan fingerprint density at radius 3 is 2.50 bits per heavy atom. The Balaban J connectivity index is 1.84. The molecule has 3 rings (SSSR count). The van der Waals surface area contributed by atoms with Crippen LogP contribution in [0.4, 0.5) is 11.4 Å². The van der Waals surface area contributed by atoms with E-state index in [0.717, 1.165) is 10.4 Å². The van der Waals surface area contributed by atoms with E-state index in [1.54, 1.807) is 42.5 Å².